The van der Waals surface area contributed by atoms with E-state index in [9.17, 15) is 4.39 Å². The van der Waals surface area contributed by atoms with Crippen molar-refractivity contribution in [3.8, 4) is 11.1 Å². The van der Waals surface area contributed by atoms with Crippen LogP contribution in [0.1, 0.15) is 11.5 Å². The van der Waals surface area contributed by atoms with E-state index in [0.29, 0.717) is 6.54 Å². The van der Waals surface area contributed by atoms with Crippen LogP contribution in [0.2, 0.25) is 5.02 Å². The van der Waals surface area contributed by atoms with Crippen LogP contribution in [0.3, 0.4) is 0 Å². The van der Waals surface area contributed by atoms with Crippen LogP contribution in [0.4, 0.5) is 4.39 Å². The van der Waals surface area contributed by atoms with E-state index in [2.05, 4.69) is 15.2 Å². The van der Waals surface area contributed by atoms with Gasteiger partial charge < -0.3 is 4.57 Å². The highest BCUT2D eigenvalue weighted by Crippen LogP contribution is 2.24. The minimum atomic E-state index is -0.434. The van der Waals surface area contributed by atoms with Crippen LogP contribution in [0, 0.1) is 12.7 Å². The number of aromatic nitrogens is 4. The molecular formula is C15H12ClFN4. The first-order valence-electron chi connectivity index (χ1n) is 6.38. The summed E-state index contributed by atoms with van der Waals surface area (Å²) in [6, 6.07) is 6.51. The molecule has 0 spiro atoms. The Morgan fingerprint density at radius 1 is 1.24 bits per heavy atom. The van der Waals surface area contributed by atoms with E-state index in [1.807, 2.05) is 23.8 Å². The summed E-state index contributed by atoms with van der Waals surface area (Å²) in [5.41, 5.74) is 2.45. The summed E-state index contributed by atoms with van der Waals surface area (Å²) in [6.07, 6.45) is 5.26. The first kappa shape index (κ1) is 13.7. The van der Waals surface area contributed by atoms with Crippen LogP contribution < -0.4 is 0 Å². The Hall–Kier alpha value is -2.27. The van der Waals surface area contributed by atoms with E-state index in [1.165, 1.54) is 6.07 Å². The molecule has 2 heterocycles. The van der Waals surface area contributed by atoms with Crippen LogP contribution in [0.15, 0.2) is 42.9 Å². The summed E-state index contributed by atoms with van der Waals surface area (Å²) < 4.78 is 15.2. The van der Waals surface area contributed by atoms with Gasteiger partial charge in [-0.3, -0.25) is 0 Å². The van der Waals surface area contributed by atoms with Crippen molar-refractivity contribution in [2.24, 2.45) is 0 Å². The molecule has 0 aliphatic carbocycles. The molecule has 21 heavy (non-hydrogen) atoms. The van der Waals surface area contributed by atoms with Gasteiger partial charge in [0.15, 0.2) is 0 Å². The Morgan fingerprint density at radius 3 is 2.81 bits per heavy atom. The molecule has 0 unspecified atom stereocenters. The molecule has 6 heteroatoms. The van der Waals surface area contributed by atoms with Crippen molar-refractivity contribution in [2.45, 2.75) is 13.5 Å². The molecule has 4 nitrogen and oxygen atoms in total. The summed E-state index contributed by atoms with van der Waals surface area (Å²) in [6.45, 7) is 2.51. The van der Waals surface area contributed by atoms with Crippen molar-refractivity contribution in [2.75, 3.05) is 0 Å². The van der Waals surface area contributed by atoms with E-state index in [-0.39, 0.29) is 5.02 Å². The quantitative estimate of drug-likeness (QED) is 0.744. The fraction of sp³-hybridized carbons (Fsp3) is 0.133. The Bertz CT molecular complexity index is 785. The lowest BCUT2D eigenvalue weighted by Gasteiger charge is -2.07. The van der Waals surface area contributed by atoms with Crippen LogP contribution in [-0.4, -0.2) is 19.7 Å². The maximum Gasteiger partial charge on any atom is 0.141 e. The van der Waals surface area contributed by atoms with Crippen LogP contribution in [0.5, 0.6) is 0 Å². The molecule has 3 rings (SSSR count). The van der Waals surface area contributed by atoms with Crippen LogP contribution >= 0.6 is 11.6 Å². The number of imidazole rings is 1. The molecule has 0 fully saturated rings. The topological polar surface area (TPSA) is 43.6 Å². The summed E-state index contributed by atoms with van der Waals surface area (Å²) >= 11 is 5.82. The third-order valence-corrected chi connectivity index (χ3v) is 3.50. The second-order valence-electron chi connectivity index (χ2n) is 4.67. The number of benzene rings is 1. The van der Waals surface area contributed by atoms with Gasteiger partial charge in [0.1, 0.15) is 11.6 Å². The van der Waals surface area contributed by atoms with Crippen molar-refractivity contribution in [3.05, 3.63) is 65.2 Å². The normalized spacial score (nSPS) is 10.8. The second-order valence-corrected chi connectivity index (χ2v) is 5.07. The lowest BCUT2D eigenvalue weighted by molar-refractivity contribution is 0.628. The minimum Gasteiger partial charge on any atom is -0.329 e. The Kier molecular flexibility index (Phi) is 3.66. The van der Waals surface area contributed by atoms with Gasteiger partial charge in [0.05, 0.1) is 23.5 Å². The Labute approximate surface area is 126 Å². The summed E-state index contributed by atoms with van der Waals surface area (Å²) in [4.78, 5) is 4.17. The molecule has 3 aromatic rings. The molecular weight excluding hydrogens is 291 g/mol. The molecule has 0 saturated heterocycles. The van der Waals surface area contributed by atoms with Gasteiger partial charge in [-0.25, -0.2) is 9.37 Å². The van der Waals surface area contributed by atoms with Gasteiger partial charge in [0.2, 0.25) is 0 Å². The maximum absolute atomic E-state index is 13.2. The number of hydrogen-bond acceptors (Lipinski definition) is 3. The van der Waals surface area contributed by atoms with Crippen molar-refractivity contribution >= 4 is 11.6 Å². The predicted octanol–water partition coefficient (Wildman–Crippen LogP) is 3.49. The number of hydrogen-bond donors (Lipinski definition) is 0. The van der Waals surface area contributed by atoms with E-state index in [4.69, 9.17) is 11.6 Å². The predicted molar refractivity (Wildman–Crippen MR) is 78.5 cm³/mol. The Morgan fingerprint density at radius 2 is 2.10 bits per heavy atom. The highest BCUT2D eigenvalue weighted by atomic mass is 35.5. The molecule has 0 saturated carbocycles. The number of rotatable bonds is 3. The van der Waals surface area contributed by atoms with E-state index in [0.717, 1.165) is 22.6 Å². The standard InChI is InChI=1S/C15H12ClFN4/c1-10-18-4-5-21(10)9-13-6-12(8-19-20-13)11-2-3-15(17)14(16)7-11/h2-8H,9H2,1H3. The average Bonchev–Trinajstić information content (AvgIpc) is 2.88. The zero-order valence-corrected chi connectivity index (χ0v) is 12.0. The zero-order chi connectivity index (χ0) is 14.8. The van der Waals surface area contributed by atoms with Gasteiger partial charge in [0, 0.05) is 18.0 Å². The number of halogens is 2. The van der Waals surface area contributed by atoms with Crippen molar-refractivity contribution < 1.29 is 4.39 Å². The van der Waals surface area contributed by atoms with Crippen LogP contribution in [-0.2, 0) is 6.54 Å². The van der Waals surface area contributed by atoms with Gasteiger partial charge in [-0.15, -0.1) is 0 Å². The summed E-state index contributed by atoms with van der Waals surface area (Å²) in [5.74, 6) is 0.476. The number of nitrogens with zero attached hydrogens (tertiary/aromatic N) is 4. The van der Waals surface area contributed by atoms with Gasteiger partial charge in [-0.2, -0.15) is 10.2 Å². The first-order valence-corrected chi connectivity index (χ1v) is 6.76. The largest absolute Gasteiger partial charge is 0.329 e. The molecule has 0 aliphatic rings. The fourth-order valence-electron chi connectivity index (χ4n) is 2.07. The van der Waals surface area contributed by atoms with Gasteiger partial charge in [-0.05, 0) is 30.7 Å². The summed E-state index contributed by atoms with van der Waals surface area (Å²) in [5, 5.41) is 8.21. The lowest BCUT2D eigenvalue weighted by Crippen LogP contribution is -2.04. The smallest absolute Gasteiger partial charge is 0.141 e. The maximum atomic E-state index is 13.2. The monoisotopic (exact) mass is 302 g/mol. The van der Waals surface area contributed by atoms with Gasteiger partial charge in [0.25, 0.3) is 0 Å². The highest BCUT2D eigenvalue weighted by molar-refractivity contribution is 6.31. The molecule has 0 N–H and O–H groups in total. The molecule has 0 amide bonds. The van der Waals surface area contributed by atoms with E-state index < -0.39 is 5.82 Å². The third-order valence-electron chi connectivity index (χ3n) is 3.21. The third kappa shape index (κ3) is 2.92. The molecule has 0 atom stereocenters. The van der Waals surface area contributed by atoms with Gasteiger partial charge in [-0.1, -0.05) is 17.7 Å². The number of aryl methyl sites for hydroxylation is 1. The first-order chi connectivity index (χ1) is 10.1. The highest BCUT2D eigenvalue weighted by Gasteiger charge is 2.06. The minimum absolute atomic E-state index is 0.0938. The van der Waals surface area contributed by atoms with E-state index >= 15 is 0 Å². The molecule has 2 aromatic heterocycles. The molecule has 0 bridgehead atoms. The lowest BCUT2D eigenvalue weighted by atomic mass is 10.1. The fourth-order valence-corrected chi connectivity index (χ4v) is 2.25. The molecule has 0 aliphatic heterocycles. The molecule has 0 radical (unpaired) electrons. The van der Waals surface area contributed by atoms with Crippen LogP contribution in [0.25, 0.3) is 11.1 Å². The molecule has 106 valence electrons. The SMILES string of the molecule is Cc1nccn1Cc1cc(-c2ccc(F)c(Cl)c2)cnn1. The van der Waals surface area contributed by atoms with Crippen molar-refractivity contribution in [1.82, 2.24) is 19.7 Å². The zero-order valence-electron chi connectivity index (χ0n) is 11.3. The Balaban J connectivity index is 1.92. The molecule has 1 aromatic carbocycles. The van der Waals surface area contributed by atoms with Crippen molar-refractivity contribution in [1.29, 1.82) is 0 Å². The average molecular weight is 303 g/mol. The van der Waals surface area contributed by atoms with E-state index in [1.54, 1.807) is 24.5 Å². The van der Waals surface area contributed by atoms with Gasteiger partial charge >= 0.3 is 0 Å². The second kappa shape index (κ2) is 5.61. The summed E-state index contributed by atoms with van der Waals surface area (Å²) in [7, 11) is 0. The van der Waals surface area contributed by atoms with Crippen molar-refractivity contribution in [3.63, 3.8) is 0 Å².